The molecule has 2 aromatic rings. The molecule has 0 bridgehead atoms. The Hall–Kier alpha value is -1.74. The van der Waals surface area contributed by atoms with Crippen LogP contribution in [0.25, 0.3) is 5.65 Å². The lowest BCUT2D eigenvalue weighted by Crippen LogP contribution is -2.31. The summed E-state index contributed by atoms with van der Waals surface area (Å²) in [6.07, 6.45) is 1.94. The van der Waals surface area contributed by atoms with E-state index in [2.05, 4.69) is 20.6 Å². The third kappa shape index (κ3) is 3.88. The zero-order valence-electron chi connectivity index (χ0n) is 12.4. The van der Waals surface area contributed by atoms with E-state index in [1.165, 1.54) is 10.6 Å². The van der Waals surface area contributed by atoms with Gasteiger partial charge in [0.1, 0.15) is 5.82 Å². The highest BCUT2D eigenvalue weighted by Gasteiger charge is 2.13. The lowest BCUT2D eigenvalue weighted by molar-refractivity contribution is 0.428. The van der Waals surface area contributed by atoms with Gasteiger partial charge < -0.3 is 5.32 Å². The monoisotopic (exact) mass is 312 g/mol. The molecular weight excluding hydrogens is 292 g/mol. The number of nitrogens with zero attached hydrogens (tertiary/aromatic N) is 5. The summed E-state index contributed by atoms with van der Waals surface area (Å²) in [7, 11) is -3.12. The van der Waals surface area contributed by atoms with Crippen molar-refractivity contribution < 1.29 is 8.42 Å². The number of sulfonamides is 1. The number of hydrogen-bond acceptors (Lipinski definition) is 6. The van der Waals surface area contributed by atoms with Gasteiger partial charge in [0.2, 0.25) is 10.0 Å². The van der Waals surface area contributed by atoms with Crippen molar-refractivity contribution >= 4 is 21.5 Å². The molecule has 2 aromatic heterocycles. The summed E-state index contributed by atoms with van der Waals surface area (Å²) in [5.74, 6) is 1.44. The van der Waals surface area contributed by atoms with Gasteiger partial charge in [0.15, 0.2) is 11.5 Å². The first-order chi connectivity index (χ1) is 9.91. The number of nitrogens with one attached hydrogen (secondary N) is 1. The van der Waals surface area contributed by atoms with Gasteiger partial charge in [-0.2, -0.15) is 4.52 Å². The molecule has 116 valence electrons. The van der Waals surface area contributed by atoms with Crippen LogP contribution in [-0.4, -0.2) is 58.4 Å². The second-order valence-corrected chi connectivity index (χ2v) is 6.75. The highest BCUT2D eigenvalue weighted by molar-refractivity contribution is 7.88. The van der Waals surface area contributed by atoms with E-state index in [1.807, 2.05) is 26.0 Å². The fraction of sp³-hybridized carbons (Fsp3) is 0.583. The summed E-state index contributed by atoms with van der Waals surface area (Å²) in [5, 5.41) is 15.5. The molecule has 21 heavy (non-hydrogen) atoms. The fourth-order valence-corrected chi connectivity index (χ4v) is 2.95. The molecule has 0 radical (unpaired) electrons. The zero-order valence-corrected chi connectivity index (χ0v) is 13.3. The molecule has 0 aliphatic rings. The van der Waals surface area contributed by atoms with Gasteiger partial charge in [-0.1, -0.05) is 6.92 Å². The molecule has 0 saturated heterocycles. The van der Waals surface area contributed by atoms with Crippen molar-refractivity contribution in [3.8, 4) is 0 Å². The van der Waals surface area contributed by atoms with Crippen LogP contribution < -0.4 is 5.32 Å². The van der Waals surface area contributed by atoms with Crippen molar-refractivity contribution in [2.75, 3.05) is 31.2 Å². The maximum Gasteiger partial charge on any atom is 0.211 e. The Morgan fingerprint density at radius 1 is 1.33 bits per heavy atom. The molecule has 2 heterocycles. The van der Waals surface area contributed by atoms with Gasteiger partial charge in [-0.25, -0.2) is 12.7 Å². The summed E-state index contributed by atoms with van der Waals surface area (Å²) in [6, 6.07) is 3.67. The van der Waals surface area contributed by atoms with Gasteiger partial charge in [-0.3, -0.25) is 0 Å². The topological polar surface area (TPSA) is 92.5 Å². The van der Waals surface area contributed by atoms with Crippen LogP contribution in [0, 0.1) is 6.92 Å². The Kier molecular flexibility index (Phi) is 4.73. The van der Waals surface area contributed by atoms with Crippen molar-refractivity contribution in [3.63, 3.8) is 0 Å². The predicted molar refractivity (Wildman–Crippen MR) is 80.7 cm³/mol. The molecule has 2 rings (SSSR count). The van der Waals surface area contributed by atoms with E-state index in [9.17, 15) is 8.42 Å². The van der Waals surface area contributed by atoms with Crippen LogP contribution >= 0.6 is 0 Å². The lowest BCUT2D eigenvalue weighted by atomic mass is 10.4. The largest absolute Gasteiger partial charge is 0.369 e. The average Bonchev–Trinajstić information content (AvgIpc) is 2.79. The van der Waals surface area contributed by atoms with Gasteiger partial charge in [-0.15, -0.1) is 15.3 Å². The molecule has 8 nitrogen and oxygen atoms in total. The van der Waals surface area contributed by atoms with E-state index in [-0.39, 0.29) is 0 Å². The van der Waals surface area contributed by atoms with Gasteiger partial charge in [0.05, 0.1) is 6.26 Å². The minimum absolute atomic E-state index is 0.489. The molecule has 1 N–H and O–H groups in total. The first-order valence-corrected chi connectivity index (χ1v) is 8.64. The van der Waals surface area contributed by atoms with Gasteiger partial charge >= 0.3 is 0 Å². The van der Waals surface area contributed by atoms with E-state index in [0.717, 1.165) is 5.82 Å². The molecule has 0 atom stereocenters. The first-order valence-electron chi connectivity index (χ1n) is 6.80. The van der Waals surface area contributed by atoms with Crippen LogP contribution in [0.4, 0.5) is 5.82 Å². The summed E-state index contributed by atoms with van der Waals surface area (Å²) in [5.41, 5.74) is 0.701. The molecule has 0 spiro atoms. The van der Waals surface area contributed by atoms with E-state index in [0.29, 0.717) is 37.5 Å². The molecule has 0 fully saturated rings. The van der Waals surface area contributed by atoms with Crippen molar-refractivity contribution in [1.82, 2.24) is 24.1 Å². The molecule has 9 heteroatoms. The van der Waals surface area contributed by atoms with E-state index in [4.69, 9.17) is 0 Å². The molecule has 0 amide bonds. The van der Waals surface area contributed by atoms with Crippen LogP contribution in [0.2, 0.25) is 0 Å². The Labute approximate surface area is 124 Å². The Morgan fingerprint density at radius 2 is 2.10 bits per heavy atom. The van der Waals surface area contributed by atoms with Crippen LogP contribution in [0.1, 0.15) is 19.2 Å². The smallest absolute Gasteiger partial charge is 0.211 e. The number of aryl methyl sites for hydroxylation is 1. The standard InChI is InChI=1S/C12H20N6O2S/c1-4-17(21(3,19)20)9-5-8-13-11-6-7-12-15-14-10(2)18(12)16-11/h6-7H,4-5,8-9H2,1-3H3,(H,13,16). The number of fused-ring (bicyclic) bond motifs is 1. The third-order valence-electron chi connectivity index (χ3n) is 3.13. The lowest BCUT2D eigenvalue weighted by Gasteiger charge is -2.17. The zero-order chi connectivity index (χ0) is 15.5. The number of hydrogen-bond donors (Lipinski definition) is 1. The first kappa shape index (κ1) is 15.6. The molecule has 0 aliphatic carbocycles. The van der Waals surface area contributed by atoms with E-state index in [1.54, 1.807) is 4.52 Å². The van der Waals surface area contributed by atoms with Crippen molar-refractivity contribution in [1.29, 1.82) is 0 Å². The quantitative estimate of drug-likeness (QED) is 0.749. The van der Waals surface area contributed by atoms with Crippen LogP contribution in [0.5, 0.6) is 0 Å². The Bertz CT molecular complexity index is 712. The minimum atomic E-state index is -3.12. The summed E-state index contributed by atoms with van der Waals surface area (Å²) >= 11 is 0. The van der Waals surface area contributed by atoms with Crippen molar-refractivity contribution in [2.45, 2.75) is 20.3 Å². The Balaban J connectivity index is 1.89. The van der Waals surface area contributed by atoms with Crippen molar-refractivity contribution in [2.24, 2.45) is 0 Å². The highest BCUT2D eigenvalue weighted by atomic mass is 32.2. The van der Waals surface area contributed by atoms with Gasteiger partial charge in [-0.05, 0) is 25.5 Å². The highest BCUT2D eigenvalue weighted by Crippen LogP contribution is 2.07. The average molecular weight is 312 g/mol. The maximum absolute atomic E-state index is 11.5. The molecule has 0 unspecified atom stereocenters. The third-order valence-corrected chi connectivity index (χ3v) is 4.51. The number of rotatable bonds is 7. The maximum atomic E-state index is 11.5. The summed E-state index contributed by atoms with van der Waals surface area (Å²) in [4.78, 5) is 0. The molecule has 0 aromatic carbocycles. The number of anilines is 1. The van der Waals surface area contributed by atoms with Gasteiger partial charge in [0, 0.05) is 19.6 Å². The molecular formula is C12H20N6O2S. The SMILES string of the molecule is CCN(CCCNc1ccc2nnc(C)n2n1)S(C)(=O)=O. The normalized spacial score (nSPS) is 12.2. The fourth-order valence-electron chi connectivity index (χ4n) is 2.02. The summed E-state index contributed by atoms with van der Waals surface area (Å²) in [6.45, 7) is 5.30. The number of aromatic nitrogens is 4. The van der Waals surface area contributed by atoms with Crippen LogP contribution in [-0.2, 0) is 10.0 Å². The predicted octanol–water partition coefficient (Wildman–Crippen LogP) is 0.516. The van der Waals surface area contributed by atoms with Crippen LogP contribution in [0.15, 0.2) is 12.1 Å². The minimum Gasteiger partial charge on any atom is -0.369 e. The second-order valence-electron chi connectivity index (χ2n) is 4.77. The molecule has 0 aliphatic heterocycles. The van der Waals surface area contributed by atoms with Gasteiger partial charge in [0.25, 0.3) is 0 Å². The van der Waals surface area contributed by atoms with Crippen LogP contribution in [0.3, 0.4) is 0 Å². The van der Waals surface area contributed by atoms with E-state index >= 15 is 0 Å². The Morgan fingerprint density at radius 3 is 2.76 bits per heavy atom. The van der Waals surface area contributed by atoms with E-state index < -0.39 is 10.0 Å². The summed E-state index contributed by atoms with van der Waals surface area (Å²) < 4.78 is 26.0. The molecule has 0 saturated carbocycles. The second kappa shape index (κ2) is 6.35. The van der Waals surface area contributed by atoms with Crippen molar-refractivity contribution in [3.05, 3.63) is 18.0 Å².